The number of nitrogens with one attached hydrogen (secondary N) is 1. The topological polar surface area (TPSA) is 94.7 Å². The standard InChI is InChI=1S/C31H39N5O4/c1-21-28(37)29(38)31(40-21)36-19-25(22-10-12-24(39-2)13-11-22)26-18-35(20-32-30(26)36)33-27-9-5-4-8-23(27)14-17-34-15-6-3-7-16-34/h4-5,8-13,19-21,28-29,31,33,37-38H,3,6-7,14-18H2,1-2H3/t21-,28-,29-,31-/m1/s1. The molecule has 4 atom stereocenters. The van der Waals surface area contributed by atoms with Crippen molar-refractivity contribution >= 4 is 17.8 Å². The summed E-state index contributed by atoms with van der Waals surface area (Å²) >= 11 is 0. The van der Waals surface area contributed by atoms with Crippen LogP contribution in [0.4, 0.5) is 11.5 Å². The van der Waals surface area contributed by atoms with Crippen molar-refractivity contribution in [3.63, 3.8) is 0 Å². The van der Waals surface area contributed by atoms with Crippen molar-refractivity contribution in [1.82, 2.24) is 14.5 Å². The van der Waals surface area contributed by atoms with E-state index in [0.717, 1.165) is 41.1 Å². The molecule has 6 rings (SSSR count). The van der Waals surface area contributed by atoms with Crippen LogP contribution < -0.4 is 10.2 Å². The third-order valence-electron chi connectivity index (χ3n) is 8.34. The van der Waals surface area contributed by atoms with Gasteiger partial charge in [0.2, 0.25) is 0 Å². The molecular weight excluding hydrogens is 506 g/mol. The summed E-state index contributed by atoms with van der Waals surface area (Å²) in [6.07, 6.45) is 5.48. The predicted octanol–water partition coefficient (Wildman–Crippen LogP) is 4.33. The Kier molecular flexibility index (Phi) is 7.80. The van der Waals surface area contributed by atoms with Gasteiger partial charge in [-0.25, -0.2) is 4.99 Å². The van der Waals surface area contributed by atoms with Crippen LogP contribution in [0.1, 0.15) is 43.5 Å². The monoisotopic (exact) mass is 545 g/mol. The summed E-state index contributed by atoms with van der Waals surface area (Å²) in [4.78, 5) is 7.39. The van der Waals surface area contributed by atoms with E-state index in [4.69, 9.17) is 14.5 Å². The number of aliphatic hydroxyl groups excluding tert-OH is 2. The summed E-state index contributed by atoms with van der Waals surface area (Å²) < 4.78 is 13.2. The molecule has 0 radical (unpaired) electrons. The molecule has 0 unspecified atom stereocenters. The number of hydrazine groups is 1. The second kappa shape index (κ2) is 11.6. The van der Waals surface area contributed by atoms with E-state index in [1.54, 1.807) is 20.4 Å². The second-order valence-electron chi connectivity index (χ2n) is 11.0. The largest absolute Gasteiger partial charge is 0.497 e. The number of aliphatic imine (C=N–C) groups is 1. The van der Waals surface area contributed by atoms with Crippen molar-refractivity contribution in [2.75, 3.05) is 32.2 Å². The summed E-state index contributed by atoms with van der Waals surface area (Å²) in [5, 5.41) is 23.1. The maximum atomic E-state index is 10.8. The van der Waals surface area contributed by atoms with Gasteiger partial charge in [-0.05, 0) is 68.6 Å². The first-order valence-electron chi connectivity index (χ1n) is 14.3. The highest BCUT2D eigenvalue weighted by Gasteiger charge is 2.43. The van der Waals surface area contributed by atoms with E-state index in [9.17, 15) is 10.2 Å². The number of hydrogen-bond donors (Lipinski definition) is 3. The summed E-state index contributed by atoms with van der Waals surface area (Å²) in [7, 11) is 1.65. The lowest BCUT2D eigenvalue weighted by molar-refractivity contribution is -0.0308. The highest BCUT2D eigenvalue weighted by Crippen LogP contribution is 2.42. The Balaban J connectivity index is 1.27. The van der Waals surface area contributed by atoms with Crippen LogP contribution in [0.25, 0.3) is 11.1 Å². The summed E-state index contributed by atoms with van der Waals surface area (Å²) in [5.41, 5.74) is 8.96. The number of benzene rings is 2. The zero-order chi connectivity index (χ0) is 27.6. The van der Waals surface area contributed by atoms with Crippen LogP contribution in [-0.4, -0.2) is 76.1 Å². The van der Waals surface area contributed by atoms with Crippen molar-refractivity contribution in [3.05, 3.63) is 65.9 Å². The van der Waals surface area contributed by atoms with Gasteiger partial charge in [-0.15, -0.1) is 0 Å². The zero-order valence-corrected chi connectivity index (χ0v) is 23.2. The Labute approximate surface area is 235 Å². The lowest BCUT2D eigenvalue weighted by Crippen LogP contribution is -2.33. The Hall–Kier alpha value is -3.37. The minimum Gasteiger partial charge on any atom is -0.497 e. The molecule has 1 aromatic heterocycles. The molecule has 9 heteroatoms. The number of ether oxygens (including phenoxy) is 2. The molecule has 3 aliphatic heterocycles. The second-order valence-corrected chi connectivity index (χ2v) is 11.0. The van der Waals surface area contributed by atoms with Gasteiger partial charge in [-0.1, -0.05) is 36.8 Å². The van der Waals surface area contributed by atoms with Gasteiger partial charge in [-0.2, -0.15) is 0 Å². The Morgan fingerprint density at radius 3 is 2.52 bits per heavy atom. The molecule has 4 heterocycles. The molecule has 3 N–H and O–H groups in total. The SMILES string of the molecule is COc1ccc(-c2cn([C@@H]3O[C@H](C)[C@@H](O)[C@H]3O)c3c2CN(Nc2ccccc2CCN2CCCCC2)C=N3)cc1. The van der Waals surface area contributed by atoms with E-state index in [0.29, 0.717) is 12.4 Å². The minimum absolute atomic E-state index is 0.477. The van der Waals surface area contributed by atoms with Gasteiger partial charge >= 0.3 is 0 Å². The molecular formula is C31H39N5O4. The van der Waals surface area contributed by atoms with Crippen LogP contribution in [0.2, 0.25) is 0 Å². The first-order valence-corrected chi connectivity index (χ1v) is 14.3. The average molecular weight is 546 g/mol. The summed E-state index contributed by atoms with van der Waals surface area (Å²) in [5.74, 6) is 1.50. The normalized spacial score (nSPS) is 24.8. The number of fused-ring (bicyclic) bond motifs is 1. The average Bonchev–Trinajstić information content (AvgIpc) is 3.49. The quantitative estimate of drug-likeness (QED) is 0.388. The first-order chi connectivity index (χ1) is 19.5. The highest BCUT2D eigenvalue weighted by molar-refractivity contribution is 5.78. The smallest absolute Gasteiger partial charge is 0.164 e. The van der Waals surface area contributed by atoms with Gasteiger partial charge in [0.25, 0.3) is 0 Å². The molecule has 0 amide bonds. The number of aliphatic hydroxyl groups is 2. The molecule has 212 valence electrons. The molecule has 3 aliphatic rings. The number of rotatable bonds is 8. The number of anilines is 1. The van der Waals surface area contributed by atoms with E-state index in [1.165, 1.54) is 37.9 Å². The number of likely N-dealkylation sites (tertiary alicyclic amines) is 1. The van der Waals surface area contributed by atoms with Crippen molar-refractivity contribution in [2.45, 2.75) is 63.7 Å². The summed E-state index contributed by atoms with van der Waals surface area (Å²) in [6, 6.07) is 16.4. The maximum Gasteiger partial charge on any atom is 0.164 e. The van der Waals surface area contributed by atoms with Crippen molar-refractivity contribution in [1.29, 1.82) is 0 Å². The van der Waals surface area contributed by atoms with Crippen LogP contribution in [0.5, 0.6) is 5.75 Å². The third kappa shape index (κ3) is 5.34. The van der Waals surface area contributed by atoms with E-state index in [2.05, 4.69) is 34.6 Å². The fourth-order valence-corrected chi connectivity index (χ4v) is 5.99. The van der Waals surface area contributed by atoms with Crippen LogP contribution in [-0.2, 0) is 17.7 Å². The molecule has 40 heavy (non-hydrogen) atoms. The number of nitrogens with zero attached hydrogens (tertiary/aromatic N) is 4. The molecule has 3 aromatic rings. The van der Waals surface area contributed by atoms with Crippen LogP contribution in [0.3, 0.4) is 0 Å². The van der Waals surface area contributed by atoms with Gasteiger partial charge < -0.3 is 29.2 Å². The molecule has 0 bridgehead atoms. The predicted molar refractivity (Wildman–Crippen MR) is 156 cm³/mol. The number of hydrogen-bond acceptors (Lipinski definition) is 8. The third-order valence-corrected chi connectivity index (χ3v) is 8.34. The van der Waals surface area contributed by atoms with Gasteiger partial charge in [-0.3, -0.25) is 10.4 Å². The number of methoxy groups -OCH3 is 1. The van der Waals surface area contributed by atoms with Crippen molar-refractivity contribution < 1.29 is 19.7 Å². The number of aromatic nitrogens is 1. The highest BCUT2D eigenvalue weighted by atomic mass is 16.6. The van der Waals surface area contributed by atoms with E-state index >= 15 is 0 Å². The molecule has 2 aromatic carbocycles. The fraction of sp³-hybridized carbons (Fsp3) is 0.452. The summed E-state index contributed by atoms with van der Waals surface area (Å²) in [6.45, 7) is 5.78. The Morgan fingerprint density at radius 2 is 1.80 bits per heavy atom. The van der Waals surface area contributed by atoms with Crippen LogP contribution in [0, 0.1) is 0 Å². The molecule has 0 saturated carbocycles. The van der Waals surface area contributed by atoms with Crippen LogP contribution in [0.15, 0.2) is 59.7 Å². The lowest BCUT2D eigenvalue weighted by atomic mass is 10.0. The van der Waals surface area contributed by atoms with Gasteiger partial charge in [0, 0.05) is 23.9 Å². The Bertz CT molecular complexity index is 1330. The molecule has 9 nitrogen and oxygen atoms in total. The molecule has 0 spiro atoms. The van der Waals surface area contributed by atoms with E-state index in [-0.39, 0.29) is 0 Å². The zero-order valence-electron chi connectivity index (χ0n) is 23.2. The number of para-hydroxylation sites is 1. The molecule has 0 aliphatic carbocycles. The van der Waals surface area contributed by atoms with Crippen LogP contribution >= 0.6 is 0 Å². The van der Waals surface area contributed by atoms with Gasteiger partial charge in [0.05, 0.1) is 25.4 Å². The Morgan fingerprint density at radius 1 is 1.02 bits per heavy atom. The van der Waals surface area contributed by atoms with E-state index < -0.39 is 24.5 Å². The first kappa shape index (κ1) is 26.8. The fourth-order valence-electron chi connectivity index (χ4n) is 5.99. The van der Waals surface area contributed by atoms with Gasteiger partial charge in [0.1, 0.15) is 30.1 Å². The lowest BCUT2D eigenvalue weighted by Gasteiger charge is -2.29. The minimum atomic E-state index is -1.05. The van der Waals surface area contributed by atoms with Gasteiger partial charge in [0.15, 0.2) is 6.23 Å². The van der Waals surface area contributed by atoms with E-state index in [1.807, 2.05) is 40.0 Å². The number of piperidine rings is 1. The molecule has 2 fully saturated rings. The van der Waals surface area contributed by atoms with Crippen molar-refractivity contribution in [3.8, 4) is 16.9 Å². The van der Waals surface area contributed by atoms with Crippen molar-refractivity contribution in [2.24, 2.45) is 4.99 Å². The maximum absolute atomic E-state index is 10.8. The molecule has 2 saturated heterocycles.